The van der Waals surface area contributed by atoms with E-state index < -0.39 is 4.92 Å². The van der Waals surface area contributed by atoms with E-state index in [1.807, 2.05) is 12.3 Å². The topological polar surface area (TPSA) is 88.4 Å². The maximum absolute atomic E-state index is 12.6. The van der Waals surface area contributed by atoms with Crippen molar-refractivity contribution in [3.05, 3.63) is 45.0 Å². The summed E-state index contributed by atoms with van der Waals surface area (Å²) in [5.74, 6) is -0.196. The highest BCUT2D eigenvalue weighted by Gasteiger charge is 2.26. The molecule has 0 radical (unpaired) electrons. The molecule has 1 fully saturated rings. The Morgan fingerprint density at radius 2 is 2.32 bits per heavy atom. The number of nitrogens with one attached hydrogen (secondary N) is 1. The van der Waals surface area contributed by atoms with Crippen LogP contribution in [-0.4, -0.2) is 46.9 Å². The minimum atomic E-state index is -0.448. The van der Waals surface area contributed by atoms with E-state index in [0.717, 1.165) is 29.5 Å². The first-order chi connectivity index (χ1) is 12.0. The number of carbonyl (C=O) groups is 1. The summed E-state index contributed by atoms with van der Waals surface area (Å²) in [7, 11) is 1.74. The van der Waals surface area contributed by atoms with Crippen LogP contribution in [0.25, 0.3) is 0 Å². The van der Waals surface area contributed by atoms with E-state index in [4.69, 9.17) is 0 Å². The Hall–Kier alpha value is -1.97. The molecule has 1 saturated heterocycles. The van der Waals surface area contributed by atoms with Crippen molar-refractivity contribution in [3.63, 3.8) is 0 Å². The van der Waals surface area contributed by atoms with Gasteiger partial charge in [0.1, 0.15) is 0 Å². The number of hydrogen-bond acceptors (Lipinski definition) is 7. The molecule has 1 aromatic carbocycles. The van der Waals surface area contributed by atoms with Crippen LogP contribution >= 0.6 is 23.1 Å². The third-order valence-corrected chi connectivity index (χ3v) is 6.22. The van der Waals surface area contributed by atoms with Crippen LogP contribution in [0.1, 0.15) is 22.5 Å². The fraction of sp³-hybridized carbons (Fsp3) is 0.375. The summed E-state index contributed by atoms with van der Waals surface area (Å²) in [4.78, 5) is 30.1. The van der Waals surface area contributed by atoms with Crippen molar-refractivity contribution in [2.24, 2.45) is 0 Å². The van der Waals surface area contributed by atoms with Crippen molar-refractivity contribution in [2.75, 3.05) is 20.1 Å². The van der Waals surface area contributed by atoms with Crippen LogP contribution in [0, 0.1) is 17.0 Å². The van der Waals surface area contributed by atoms with Gasteiger partial charge in [0.15, 0.2) is 4.34 Å². The van der Waals surface area contributed by atoms with E-state index in [1.54, 1.807) is 24.1 Å². The van der Waals surface area contributed by atoms with E-state index in [0.29, 0.717) is 10.5 Å². The van der Waals surface area contributed by atoms with E-state index >= 15 is 0 Å². The highest BCUT2D eigenvalue weighted by atomic mass is 32.2. The number of amides is 1. The molecule has 0 aliphatic carbocycles. The number of benzene rings is 1. The van der Waals surface area contributed by atoms with Crippen molar-refractivity contribution < 1.29 is 9.72 Å². The minimum Gasteiger partial charge on any atom is -0.337 e. The lowest BCUT2D eigenvalue weighted by Gasteiger charge is -2.23. The Morgan fingerprint density at radius 3 is 2.92 bits per heavy atom. The van der Waals surface area contributed by atoms with Gasteiger partial charge in [-0.05, 0) is 32.0 Å². The summed E-state index contributed by atoms with van der Waals surface area (Å²) in [6.45, 7) is 3.51. The Bertz CT molecular complexity index is 802. The molecule has 0 bridgehead atoms. The van der Waals surface area contributed by atoms with Gasteiger partial charge in [0, 0.05) is 42.3 Å². The second-order valence-electron chi connectivity index (χ2n) is 5.86. The van der Waals surface area contributed by atoms with Gasteiger partial charge in [-0.1, -0.05) is 11.8 Å². The Balaban J connectivity index is 1.85. The van der Waals surface area contributed by atoms with Gasteiger partial charge >= 0.3 is 0 Å². The van der Waals surface area contributed by atoms with Crippen LogP contribution in [0.2, 0.25) is 0 Å². The summed E-state index contributed by atoms with van der Waals surface area (Å²) in [5, 5.41) is 16.6. The SMILES string of the molecule is Cc1csc(Sc2ccc(C(=O)N(C)C3CCNC3)cc2[N+](=O)[O-])n1. The highest BCUT2D eigenvalue weighted by Crippen LogP contribution is 2.37. The second kappa shape index (κ2) is 7.51. The fourth-order valence-corrected chi connectivity index (χ4v) is 4.57. The van der Waals surface area contributed by atoms with Crippen molar-refractivity contribution in [2.45, 2.75) is 28.6 Å². The molecular weight excluding hydrogens is 360 g/mol. The summed E-state index contributed by atoms with van der Waals surface area (Å²) < 4.78 is 0.744. The van der Waals surface area contributed by atoms with E-state index in [9.17, 15) is 14.9 Å². The number of hydrogen-bond donors (Lipinski definition) is 1. The molecule has 25 heavy (non-hydrogen) atoms. The smallest absolute Gasteiger partial charge is 0.284 e. The molecule has 1 atom stereocenters. The number of nitro groups is 1. The second-order valence-corrected chi connectivity index (χ2v) is 8.01. The molecule has 3 rings (SSSR count). The number of nitro benzene ring substituents is 1. The minimum absolute atomic E-state index is 0.0679. The lowest BCUT2D eigenvalue weighted by molar-refractivity contribution is -0.387. The molecule has 1 aliphatic heterocycles. The monoisotopic (exact) mass is 378 g/mol. The molecule has 9 heteroatoms. The van der Waals surface area contributed by atoms with Gasteiger partial charge < -0.3 is 10.2 Å². The molecule has 1 aromatic heterocycles. The summed E-state index contributed by atoms with van der Waals surface area (Å²) in [6, 6.07) is 4.77. The van der Waals surface area contributed by atoms with E-state index in [1.165, 1.54) is 29.2 Å². The summed E-state index contributed by atoms with van der Waals surface area (Å²) >= 11 is 2.69. The normalized spacial score (nSPS) is 16.8. The van der Waals surface area contributed by atoms with Crippen LogP contribution in [0.3, 0.4) is 0 Å². The maximum Gasteiger partial charge on any atom is 0.284 e. The lowest BCUT2D eigenvalue weighted by Crippen LogP contribution is -2.38. The first-order valence-electron chi connectivity index (χ1n) is 7.82. The molecule has 7 nitrogen and oxygen atoms in total. The predicted octanol–water partition coefficient (Wildman–Crippen LogP) is 2.94. The van der Waals surface area contributed by atoms with Crippen LogP contribution in [-0.2, 0) is 0 Å². The predicted molar refractivity (Wildman–Crippen MR) is 97.4 cm³/mol. The van der Waals surface area contributed by atoms with Crippen LogP contribution in [0.5, 0.6) is 0 Å². The Labute approximate surface area is 153 Å². The first-order valence-corrected chi connectivity index (χ1v) is 9.51. The van der Waals surface area contributed by atoms with Crippen molar-refractivity contribution >= 4 is 34.7 Å². The van der Waals surface area contributed by atoms with E-state index in [-0.39, 0.29) is 17.6 Å². The third kappa shape index (κ3) is 4.00. The van der Waals surface area contributed by atoms with Gasteiger partial charge in [0.25, 0.3) is 11.6 Å². The van der Waals surface area contributed by atoms with Gasteiger partial charge in [-0.3, -0.25) is 14.9 Å². The first kappa shape index (κ1) is 17.8. The number of thiazole rings is 1. The van der Waals surface area contributed by atoms with Crippen molar-refractivity contribution in [1.82, 2.24) is 15.2 Å². The number of nitrogens with zero attached hydrogens (tertiary/aromatic N) is 3. The number of carbonyl (C=O) groups excluding carboxylic acids is 1. The number of likely N-dealkylation sites (N-methyl/N-ethyl adjacent to an activating group) is 1. The quantitative estimate of drug-likeness (QED) is 0.636. The zero-order valence-electron chi connectivity index (χ0n) is 13.9. The standard InChI is InChI=1S/C16H18N4O3S2/c1-10-9-24-16(18-10)25-14-4-3-11(7-13(14)20(22)23)15(21)19(2)12-5-6-17-8-12/h3-4,7,9,12,17H,5-6,8H2,1-2H3. The van der Waals surface area contributed by atoms with Crippen molar-refractivity contribution in [1.29, 1.82) is 0 Å². The van der Waals surface area contributed by atoms with Gasteiger partial charge in [-0.2, -0.15) is 0 Å². The number of aryl methyl sites for hydroxylation is 1. The van der Waals surface area contributed by atoms with Crippen LogP contribution in [0.4, 0.5) is 5.69 Å². The molecular formula is C16H18N4O3S2. The Kier molecular flexibility index (Phi) is 5.36. The number of rotatable bonds is 5. The average Bonchev–Trinajstić information content (AvgIpc) is 3.25. The van der Waals surface area contributed by atoms with Gasteiger partial charge in [-0.15, -0.1) is 11.3 Å². The lowest BCUT2D eigenvalue weighted by atomic mass is 10.1. The van der Waals surface area contributed by atoms with Gasteiger partial charge in [-0.25, -0.2) is 4.98 Å². The zero-order chi connectivity index (χ0) is 18.0. The van der Waals surface area contributed by atoms with Crippen LogP contribution in [0.15, 0.2) is 32.8 Å². The molecule has 2 heterocycles. The van der Waals surface area contributed by atoms with Crippen molar-refractivity contribution in [3.8, 4) is 0 Å². The highest BCUT2D eigenvalue weighted by molar-refractivity contribution is 8.01. The zero-order valence-corrected chi connectivity index (χ0v) is 15.5. The molecule has 1 N–H and O–H groups in total. The van der Waals surface area contributed by atoms with Gasteiger partial charge in [0.2, 0.25) is 0 Å². The molecule has 2 aromatic rings. The largest absolute Gasteiger partial charge is 0.337 e. The van der Waals surface area contributed by atoms with Gasteiger partial charge in [0.05, 0.1) is 9.82 Å². The maximum atomic E-state index is 12.6. The number of aromatic nitrogens is 1. The molecule has 0 spiro atoms. The fourth-order valence-electron chi connectivity index (χ4n) is 2.69. The molecule has 1 amide bonds. The Morgan fingerprint density at radius 1 is 1.52 bits per heavy atom. The van der Waals surface area contributed by atoms with Crippen LogP contribution < -0.4 is 5.32 Å². The molecule has 0 saturated carbocycles. The summed E-state index contributed by atoms with van der Waals surface area (Å²) in [5.41, 5.74) is 1.15. The van der Waals surface area contributed by atoms with E-state index in [2.05, 4.69) is 10.3 Å². The molecule has 1 aliphatic rings. The summed E-state index contributed by atoms with van der Waals surface area (Å²) in [6.07, 6.45) is 0.891. The molecule has 132 valence electrons. The molecule has 1 unspecified atom stereocenters. The average molecular weight is 378 g/mol. The third-order valence-electron chi connectivity index (χ3n) is 4.10.